The SMILES string of the molecule is CC(=O)N1CCC(F)(c2cc3/c(=N/[C@H](C)c4cccc(C(F)F)c4F)nc(C)n(C)c3cn2)CC1. The third kappa shape index (κ3) is 4.66. The van der Waals surface area contributed by atoms with Crippen molar-refractivity contribution in [2.45, 2.75) is 51.7 Å². The Balaban J connectivity index is 1.81. The third-order valence-corrected chi connectivity index (χ3v) is 6.76. The standard InChI is InChI=1S/C25H27F4N5O/c1-14(17-6-5-7-18(22(17)26)23(27)28)31-24-19-12-21(30-13-20(19)33(4)15(2)32-24)25(29)8-10-34(11-9-25)16(3)35/h5-7,12-14,23H,8-11H2,1-4H3/b31-24-/t14-/m1/s1. The van der Waals surface area contributed by atoms with Gasteiger partial charge in [-0.05, 0) is 19.9 Å². The topological polar surface area (TPSA) is 63.4 Å². The maximum Gasteiger partial charge on any atom is 0.266 e. The van der Waals surface area contributed by atoms with Gasteiger partial charge in [-0.3, -0.25) is 14.8 Å². The highest BCUT2D eigenvalue weighted by Gasteiger charge is 2.38. The molecule has 1 aliphatic rings. The number of fused-ring (bicyclic) bond motifs is 1. The molecule has 0 bridgehead atoms. The smallest absolute Gasteiger partial charge is 0.266 e. The van der Waals surface area contributed by atoms with E-state index < -0.39 is 29.5 Å². The summed E-state index contributed by atoms with van der Waals surface area (Å²) in [5, 5.41) is 0.520. The van der Waals surface area contributed by atoms with Gasteiger partial charge < -0.3 is 9.47 Å². The Morgan fingerprint density at radius 2 is 1.86 bits per heavy atom. The van der Waals surface area contributed by atoms with Gasteiger partial charge in [0.25, 0.3) is 6.43 Å². The Labute approximate surface area is 200 Å². The van der Waals surface area contributed by atoms with Crippen LogP contribution >= 0.6 is 0 Å². The third-order valence-electron chi connectivity index (χ3n) is 6.76. The van der Waals surface area contributed by atoms with Crippen molar-refractivity contribution in [3.8, 4) is 0 Å². The van der Waals surface area contributed by atoms with Crippen LogP contribution in [0.15, 0.2) is 35.5 Å². The summed E-state index contributed by atoms with van der Waals surface area (Å²) in [6.45, 7) is 5.41. The molecule has 0 aliphatic carbocycles. The highest BCUT2D eigenvalue weighted by Crippen LogP contribution is 2.36. The molecule has 10 heteroatoms. The Morgan fingerprint density at radius 1 is 1.20 bits per heavy atom. The van der Waals surface area contributed by atoms with Gasteiger partial charge in [0.15, 0.2) is 11.2 Å². The van der Waals surface area contributed by atoms with E-state index >= 15 is 4.39 Å². The number of hydrogen-bond acceptors (Lipinski definition) is 4. The number of aryl methyl sites for hydroxylation is 2. The number of nitrogens with zero attached hydrogens (tertiary/aromatic N) is 5. The van der Waals surface area contributed by atoms with Crippen LogP contribution < -0.4 is 5.49 Å². The fourth-order valence-corrected chi connectivity index (χ4v) is 4.45. The molecule has 1 aromatic carbocycles. The number of amides is 1. The van der Waals surface area contributed by atoms with Crippen molar-refractivity contribution < 1.29 is 22.4 Å². The average Bonchev–Trinajstić information content (AvgIpc) is 2.82. The summed E-state index contributed by atoms with van der Waals surface area (Å²) in [7, 11) is 1.79. The summed E-state index contributed by atoms with van der Waals surface area (Å²) in [5.41, 5.74) is -1.26. The first-order valence-corrected chi connectivity index (χ1v) is 11.4. The molecule has 0 unspecified atom stereocenters. The lowest BCUT2D eigenvalue weighted by Gasteiger charge is -2.35. The van der Waals surface area contributed by atoms with E-state index in [2.05, 4.69) is 15.0 Å². The van der Waals surface area contributed by atoms with Crippen LogP contribution in [0.3, 0.4) is 0 Å². The Hall–Kier alpha value is -3.30. The summed E-state index contributed by atoms with van der Waals surface area (Å²) in [4.78, 5) is 26.7. The predicted molar refractivity (Wildman–Crippen MR) is 123 cm³/mol. The van der Waals surface area contributed by atoms with Crippen molar-refractivity contribution >= 4 is 16.8 Å². The minimum atomic E-state index is -2.94. The van der Waals surface area contributed by atoms with Gasteiger partial charge in [0.1, 0.15) is 11.6 Å². The molecule has 0 N–H and O–H groups in total. The maximum absolute atomic E-state index is 15.9. The van der Waals surface area contributed by atoms with Crippen LogP contribution in [0.2, 0.25) is 0 Å². The Morgan fingerprint density at radius 3 is 2.49 bits per heavy atom. The Bertz CT molecular complexity index is 1350. The molecule has 1 aliphatic heterocycles. The number of aromatic nitrogens is 3. The lowest BCUT2D eigenvalue weighted by Crippen LogP contribution is -2.42. The molecule has 35 heavy (non-hydrogen) atoms. The number of piperidine rings is 1. The molecule has 0 radical (unpaired) electrons. The second kappa shape index (κ2) is 9.39. The van der Waals surface area contributed by atoms with Crippen LogP contribution in [0.5, 0.6) is 0 Å². The highest BCUT2D eigenvalue weighted by atomic mass is 19.3. The number of carbonyl (C=O) groups is 1. The van der Waals surface area contributed by atoms with Gasteiger partial charge in [-0.1, -0.05) is 18.2 Å². The van der Waals surface area contributed by atoms with E-state index in [1.165, 1.54) is 19.1 Å². The molecule has 1 amide bonds. The lowest BCUT2D eigenvalue weighted by atomic mass is 9.89. The van der Waals surface area contributed by atoms with E-state index in [0.29, 0.717) is 29.8 Å². The zero-order chi connectivity index (χ0) is 25.5. The van der Waals surface area contributed by atoms with Crippen molar-refractivity contribution in [1.82, 2.24) is 19.4 Å². The number of rotatable bonds is 4. The monoisotopic (exact) mass is 489 g/mol. The molecule has 4 rings (SSSR count). The first-order valence-electron chi connectivity index (χ1n) is 11.4. The summed E-state index contributed by atoms with van der Waals surface area (Å²) in [6.07, 6.45) is -1.15. The average molecular weight is 490 g/mol. The van der Waals surface area contributed by atoms with Crippen LogP contribution in [-0.2, 0) is 17.5 Å². The van der Waals surface area contributed by atoms with Crippen LogP contribution in [0.1, 0.15) is 61.8 Å². The van der Waals surface area contributed by atoms with E-state index in [0.717, 1.165) is 6.07 Å². The van der Waals surface area contributed by atoms with Crippen LogP contribution in [0.25, 0.3) is 10.9 Å². The van der Waals surface area contributed by atoms with Crippen LogP contribution in [0.4, 0.5) is 17.6 Å². The second-order valence-corrected chi connectivity index (χ2v) is 8.96. The van der Waals surface area contributed by atoms with Gasteiger partial charge >= 0.3 is 0 Å². The van der Waals surface area contributed by atoms with Gasteiger partial charge in [0, 0.05) is 50.9 Å². The zero-order valence-corrected chi connectivity index (χ0v) is 20.0. The van der Waals surface area contributed by atoms with Crippen LogP contribution in [0, 0.1) is 12.7 Å². The van der Waals surface area contributed by atoms with E-state index in [1.54, 1.807) is 42.6 Å². The lowest BCUT2D eigenvalue weighted by molar-refractivity contribution is -0.131. The Kier molecular flexibility index (Phi) is 6.66. The molecule has 1 saturated heterocycles. The summed E-state index contributed by atoms with van der Waals surface area (Å²) < 4.78 is 58.8. The molecule has 1 fully saturated rings. The van der Waals surface area contributed by atoms with Gasteiger partial charge in [0.05, 0.1) is 29.0 Å². The van der Waals surface area contributed by atoms with Gasteiger partial charge in [0.2, 0.25) is 5.91 Å². The van der Waals surface area contributed by atoms with Gasteiger partial charge in [-0.15, -0.1) is 0 Å². The van der Waals surface area contributed by atoms with Gasteiger partial charge in [-0.2, -0.15) is 0 Å². The largest absolute Gasteiger partial charge is 0.343 e. The molecule has 186 valence electrons. The first kappa shape index (κ1) is 24.8. The molecule has 3 aromatic rings. The molecular formula is C25H27F4N5O. The van der Waals surface area contributed by atoms with Crippen molar-refractivity contribution in [2.24, 2.45) is 12.0 Å². The van der Waals surface area contributed by atoms with E-state index in [-0.39, 0.29) is 35.5 Å². The quantitative estimate of drug-likeness (QED) is 0.494. The summed E-state index contributed by atoms with van der Waals surface area (Å²) in [6, 6.07) is 4.62. The highest BCUT2D eigenvalue weighted by molar-refractivity contribution is 5.78. The number of alkyl halides is 3. The van der Waals surface area contributed by atoms with Crippen LogP contribution in [-0.4, -0.2) is 38.4 Å². The van der Waals surface area contributed by atoms with E-state index in [1.807, 2.05) is 0 Å². The van der Waals surface area contributed by atoms with Crippen molar-refractivity contribution in [3.05, 3.63) is 64.4 Å². The molecule has 3 heterocycles. The molecule has 0 spiro atoms. The minimum absolute atomic E-state index is 0.0245. The van der Waals surface area contributed by atoms with Gasteiger partial charge in [-0.25, -0.2) is 22.5 Å². The predicted octanol–water partition coefficient (Wildman–Crippen LogP) is 4.82. The van der Waals surface area contributed by atoms with E-state index in [4.69, 9.17) is 0 Å². The minimum Gasteiger partial charge on any atom is -0.343 e. The number of carbonyl (C=O) groups excluding carboxylic acids is 1. The number of pyridine rings is 1. The number of benzene rings is 1. The summed E-state index contributed by atoms with van der Waals surface area (Å²) in [5.74, 6) is -0.489. The molecule has 2 aromatic heterocycles. The summed E-state index contributed by atoms with van der Waals surface area (Å²) >= 11 is 0. The molecule has 0 saturated carbocycles. The first-order chi connectivity index (χ1) is 16.5. The normalized spacial score (nSPS) is 17.3. The fourth-order valence-electron chi connectivity index (χ4n) is 4.45. The second-order valence-electron chi connectivity index (χ2n) is 8.96. The molecule has 6 nitrogen and oxygen atoms in total. The molecule has 1 atom stereocenters. The zero-order valence-electron chi connectivity index (χ0n) is 20.0. The van der Waals surface area contributed by atoms with Crippen molar-refractivity contribution in [1.29, 1.82) is 0 Å². The number of halogens is 4. The van der Waals surface area contributed by atoms with Crippen molar-refractivity contribution in [3.63, 3.8) is 0 Å². The fraction of sp³-hybridized carbons (Fsp3) is 0.440. The van der Waals surface area contributed by atoms with E-state index in [9.17, 15) is 18.0 Å². The maximum atomic E-state index is 15.9. The van der Waals surface area contributed by atoms with Crippen molar-refractivity contribution in [2.75, 3.05) is 13.1 Å². The number of hydrogen-bond donors (Lipinski definition) is 0. The molecular weight excluding hydrogens is 462 g/mol. The number of likely N-dealkylation sites (tertiary alicyclic amines) is 1.